The van der Waals surface area contributed by atoms with E-state index in [9.17, 15) is 4.79 Å². The summed E-state index contributed by atoms with van der Waals surface area (Å²) in [6.07, 6.45) is 2.29. The molecule has 0 radical (unpaired) electrons. The fraction of sp³-hybridized carbons (Fsp3) is 0.353. The van der Waals surface area contributed by atoms with Crippen molar-refractivity contribution in [1.29, 1.82) is 0 Å². The molecule has 110 valence electrons. The molecule has 1 amide bonds. The van der Waals surface area contributed by atoms with Gasteiger partial charge in [0.05, 0.1) is 6.04 Å². The summed E-state index contributed by atoms with van der Waals surface area (Å²) < 4.78 is 0. The zero-order valence-electron chi connectivity index (χ0n) is 12.2. The second-order valence-corrected chi connectivity index (χ2v) is 6.56. The fourth-order valence-electron chi connectivity index (χ4n) is 2.99. The van der Waals surface area contributed by atoms with Crippen molar-refractivity contribution in [2.45, 2.75) is 32.2 Å². The van der Waals surface area contributed by atoms with Gasteiger partial charge in [0.2, 0.25) is 5.91 Å². The van der Waals surface area contributed by atoms with Crippen molar-refractivity contribution in [3.63, 3.8) is 0 Å². The minimum atomic E-state index is 0.202. The van der Waals surface area contributed by atoms with Crippen LogP contribution in [0.25, 0.3) is 0 Å². The van der Waals surface area contributed by atoms with Crippen molar-refractivity contribution < 1.29 is 4.79 Å². The molecule has 0 saturated heterocycles. The van der Waals surface area contributed by atoms with Crippen LogP contribution in [-0.2, 0) is 17.6 Å². The molecule has 0 saturated carbocycles. The number of hydrogen-bond acceptors (Lipinski definition) is 3. The average Bonchev–Trinajstić information content (AvgIpc) is 2.95. The van der Waals surface area contributed by atoms with E-state index in [1.807, 2.05) is 29.2 Å². The third kappa shape index (κ3) is 2.95. The van der Waals surface area contributed by atoms with Gasteiger partial charge < -0.3 is 10.6 Å². The van der Waals surface area contributed by atoms with Gasteiger partial charge in [0.25, 0.3) is 0 Å². The number of anilines is 1. The van der Waals surface area contributed by atoms with Crippen LogP contribution in [0.4, 0.5) is 5.69 Å². The average molecular weight is 300 g/mol. The number of thiophene rings is 1. The molecule has 0 spiro atoms. The van der Waals surface area contributed by atoms with E-state index >= 15 is 0 Å². The number of nitrogens with zero attached hydrogens (tertiary/aromatic N) is 1. The Morgan fingerprint density at radius 2 is 2.29 bits per heavy atom. The van der Waals surface area contributed by atoms with E-state index in [2.05, 4.69) is 18.4 Å². The zero-order valence-corrected chi connectivity index (χ0v) is 13.0. The van der Waals surface area contributed by atoms with Crippen molar-refractivity contribution >= 4 is 22.9 Å². The number of nitrogens with two attached hydrogens (primary N) is 1. The smallest absolute Gasteiger partial charge is 0.223 e. The van der Waals surface area contributed by atoms with E-state index in [4.69, 9.17) is 5.73 Å². The molecule has 0 aliphatic carbocycles. The Morgan fingerprint density at radius 3 is 3.10 bits per heavy atom. The van der Waals surface area contributed by atoms with Gasteiger partial charge in [0.1, 0.15) is 0 Å². The Labute approximate surface area is 129 Å². The molecule has 3 rings (SSSR count). The maximum absolute atomic E-state index is 12.5. The summed E-state index contributed by atoms with van der Waals surface area (Å²) in [4.78, 5) is 15.9. The molecule has 4 heteroatoms. The van der Waals surface area contributed by atoms with Crippen LogP contribution < -0.4 is 5.73 Å². The lowest BCUT2D eigenvalue weighted by Crippen LogP contribution is -2.38. The highest BCUT2D eigenvalue weighted by molar-refractivity contribution is 7.10. The summed E-state index contributed by atoms with van der Waals surface area (Å²) in [6, 6.07) is 10.1. The number of nitrogen functional groups attached to an aromatic ring is 1. The molecule has 0 bridgehead atoms. The van der Waals surface area contributed by atoms with Crippen LogP contribution in [0.2, 0.25) is 0 Å². The van der Waals surface area contributed by atoms with Crippen molar-refractivity contribution in [3.8, 4) is 0 Å². The Hall–Kier alpha value is -1.81. The highest BCUT2D eigenvalue weighted by Gasteiger charge is 2.27. The van der Waals surface area contributed by atoms with E-state index in [0.717, 1.165) is 30.6 Å². The van der Waals surface area contributed by atoms with Gasteiger partial charge in [-0.2, -0.15) is 0 Å². The number of benzene rings is 1. The summed E-state index contributed by atoms with van der Waals surface area (Å²) in [5.74, 6) is 0.238. The molecule has 2 heterocycles. The Morgan fingerprint density at radius 1 is 1.43 bits per heavy atom. The zero-order chi connectivity index (χ0) is 14.8. The molecule has 1 atom stereocenters. The van der Waals surface area contributed by atoms with Crippen LogP contribution >= 0.6 is 11.3 Å². The van der Waals surface area contributed by atoms with Crippen molar-refractivity contribution in [2.75, 3.05) is 12.3 Å². The second-order valence-electron chi connectivity index (χ2n) is 5.56. The van der Waals surface area contributed by atoms with Crippen LogP contribution in [0.3, 0.4) is 0 Å². The van der Waals surface area contributed by atoms with Crippen molar-refractivity contribution in [2.24, 2.45) is 0 Å². The maximum atomic E-state index is 12.5. The molecule has 1 aromatic carbocycles. The lowest BCUT2D eigenvalue weighted by atomic mass is 10.0. The fourth-order valence-corrected chi connectivity index (χ4v) is 3.96. The molecule has 2 N–H and O–H groups in total. The molecule has 1 aliphatic rings. The van der Waals surface area contributed by atoms with Gasteiger partial charge in [0.15, 0.2) is 0 Å². The SMILES string of the molecule is CC1c2ccsc2CCN1C(=O)CCc1cccc(N)c1. The minimum Gasteiger partial charge on any atom is -0.399 e. The van der Waals surface area contributed by atoms with E-state index < -0.39 is 0 Å². The van der Waals surface area contributed by atoms with Gasteiger partial charge in [-0.05, 0) is 54.5 Å². The molecule has 2 aromatic rings. The number of amides is 1. The minimum absolute atomic E-state index is 0.202. The van der Waals surface area contributed by atoms with Gasteiger partial charge >= 0.3 is 0 Å². The van der Waals surface area contributed by atoms with E-state index in [1.54, 1.807) is 11.3 Å². The summed E-state index contributed by atoms with van der Waals surface area (Å²) in [5.41, 5.74) is 8.99. The quantitative estimate of drug-likeness (QED) is 0.883. The van der Waals surface area contributed by atoms with Crippen LogP contribution in [0.5, 0.6) is 0 Å². The first-order valence-corrected chi connectivity index (χ1v) is 8.23. The molecule has 21 heavy (non-hydrogen) atoms. The van der Waals surface area contributed by atoms with E-state index in [0.29, 0.717) is 6.42 Å². The monoisotopic (exact) mass is 300 g/mol. The van der Waals surface area contributed by atoms with Crippen LogP contribution in [0.1, 0.15) is 35.4 Å². The first-order valence-electron chi connectivity index (χ1n) is 7.35. The Kier molecular flexibility index (Phi) is 3.97. The Bertz CT molecular complexity index is 650. The molecule has 1 aromatic heterocycles. The topological polar surface area (TPSA) is 46.3 Å². The number of carbonyl (C=O) groups is 1. The van der Waals surface area contributed by atoms with Crippen LogP contribution in [-0.4, -0.2) is 17.4 Å². The molecule has 1 aliphatic heterocycles. The molecule has 3 nitrogen and oxygen atoms in total. The Balaban J connectivity index is 1.64. The van der Waals surface area contributed by atoms with Gasteiger partial charge in [-0.25, -0.2) is 0 Å². The van der Waals surface area contributed by atoms with Crippen molar-refractivity contribution in [3.05, 3.63) is 51.7 Å². The summed E-state index contributed by atoms with van der Waals surface area (Å²) in [7, 11) is 0. The third-order valence-corrected chi connectivity index (χ3v) is 5.17. The predicted molar refractivity (Wildman–Crippen MR) is 87.3 cm³/mol. The van der Waals surface area contributed by atoms with Gasteiger partial charge in [-0.15, -0.1) is 11.3 Å². The largest absolute Gasteiger partial charge is 0.399 e. The van der Waals surface area contributed by atoms with Gasteiger partial charge in [-0.3, -0.25) is 4.79 Å². The number of carbonyl (C=O) groups excluding carboxylic acids is 1. The number of hydrogen-bond donors (Lipinski definition) is 1. The van der Waals surface area contributed by atoms with Gasteiger partial charge in [-0.1, -0.05) is 12.1 Å². The lowest BCUT2D eigenvalue weighted by molar-refractivity contribution is -0.133. The summed E-state index contributed by atoms with van der Waals surface area (Å²) in [6.45, 7) is 2.97. The molecule has 0 fully saturated rings. The highest BCUT2D eigenvalue weighted by atomic mass is 32.1. The highest BCUT2D eigenvalue weighted by Crippen LogP contribution is 2.33. The standard InChI is InChI=1S/C17H20N2OS/c1-12-15-8-10-21-16(15)7-9-19(12)17(20)6-5-13-3-2-4-14(18)11-13/h2-4,8,10-12H,5-7,9,18H2,1H3. The summed E-state index contributed by atoms with van der Waals surface area (Å²) in [5, 5.41) is 2.13. The van der Waals surface area contributed by atoms with Crippen LogP contribution in [0, 0.1) is 0 Å². The molecular weight excluding hydrogens is 280 g/mol. The van der Waals surface area contributed by atoms with E-state index in [-0.39, 0.29) is 11.9 Å². The summed E-state index contributed by atoms with van der Waals surface area (Å²) >= 11 is 1.80. The third-order valence-electron chi connectivity index (χ3n) is 4.18. The van der Waals surface area contributed by atoms with Crippen LogP contribution in [0.15, 0.2) is 35.7 Å². The first kappa shape index (κ1) is 14.1. The number of aryl methyl sites for hydroxylation is 1. The van der Waals surface area contributed by atoms with E-state index in [1.165, 1.54) is 10.4 Å². The second kappa shape index (κ2) is 5.90. The first-order chi connectivity index (χ1) is 10.1. The molecule has 1 unspecified atom stereocenters. The lowest BCUT2D eigenvalue weighted by Gasteiger charge is -2.33. The number of fused-ring (bicyclic) bond motifs is 1. The van der Waals surface area contributed by atoms with Gasteiger partial charge in [0, 0.05) is 23.5 Å². The molecular formula is C17H20N2OS. The normalized spacial score (nSPS) is 17.6. The van der Waals surface area contributed by atoms with Crippen molar-refractivity contribution in [1.82, 2.24) is 4.90 Å². The maximum Gasteiger partial charge on any atom is 0.223 e. The number of rotatable bonds is 3. The predicted octanol–water partition coefficient (Wildman–Crippen LogP) is 3.41.